The molecule has 15 heavy (non-hydrogen) atoms. The van der Waals surface area contributed by atoms with Crippen molar-refractivity contribution in [3.63, 3.8) is 0 Å². The van der Waals surface area contributed by atoms with Crippen molar-refractivity contribution >= 4 is 23.4 Å². The number of amides is 1. The first-order valence-electron chi connectivity index (χ1n) is 4.83. The lowest BCUT2D eigenvalue weighted by atomic mass is 9.94. The molecular weight excluding hydrogens is 216 g/mol. The fourth-order valence-electron chi connectivity index (χ4n) is 1.67. The SMILES string of the molecule is CC1(C)CC(NC(=S)NC(=O)O)CCO1. The molecule has 1 unspecified atom stereocenters. The van der Waals surface area contributed by atoms with Crippen molar-refractivity contribution in [2.45, 2.75) is 38.3 Å². The summed E-state index contributed by atoms with van der Waals surface area (Å²) in [4.78, 5) is 10.3. The van der Waals surface area contributed by atoms with Crippen LogP contribution in [0.1, 0.15) is 26.7 Å². The zero-order valence-electron chi connectivity index (χ0n) is 8.87. The smallest absolute Gasteiger partial charge is 0.410 e. The number of rotatable bonds is 1. The predicted molar refractivity (Wildman–Crippen MR) is 59.9 cm³/mol. The first-order chi connectivity index (χ1) is 6.89. The summed E-state index contributed by atoms with van der Waals surface area (Å²) in [5.74, 6) is 0. The average Bonchev–Trinajstić information content (AvgIpc) is 1.99. The molecule has 0 radical (unpaired) electrons. The number of ether oxygens (including phenoxy) is 1. The minimum atomic E-state index is -1.14. The van der Waals surface area contributed by atoms with Gasteiger partial charge in [0.15, 0.2) is 5.11 Å². The second-order valence-corrected chi connectivity index (χ2v) is 4.61. The van der Waals surface area contributed by atoms with Gasteiger partial charge in [0, 0.05) is 12.6 Å². The highest BCUT2D eigenvalue weighted by Crippen LogP contribution is 2.23. The van der Waals surface area contributed by atoms with Crippen LogP contribution < -0.4 is 10.6 Å². The highest BCUT2D eigenvalue weighted by atomic mass is 32.1. The lowest BCUT2D eigenvalue weighted by Crippen LogP contribution is -2.49. The number of hydrogen-bond acceptors (Lipinski definition) is 3. The van der Waals surface area contributed by atoms with E-state index in [4.69, 9.17) is 22.1 Å². The van der Waals surface area contributed by atoms with Crippen molar-refractivity contribution in [2.75, 3.05) is 6.61 Å². The van der Waals surface area contributed by atoms with Crippen LogP contribution in [0.4, 0.5) is 4.79 Å². The Labute approximate surface area is 94.2 Å². The third-order valence-corrected chi connectivity index (χ3v) is 2.47. The second-order valence-electron chi connectivity index (χ2n) is 4.20. The molecule has 0 aromatic rings. The van der Waals surface area contributed by atoms with Crippen LogP contribution in [0.15, 0.2) is 0 Å². The summed E-state index contributed by atoms with van der Waals surface area (Å²) in [6.07, 6.45) is 0.512. The van der Waals surface area contributed by atoms with Gasteiger partial charge in [-0.3, -0.25) is 5.32 Å². The van der Waals surface area contributed by atoms with Crippen molar-refractivity contribution in [3.05, 3.63) is 0 Å². The molecule has 1 heterocycles. The zero-order valence-corrected chi connectivity index (χ0v) is 9.69. The number of nitrogens with one attached hydrogen (secondary N) is 2. The van der Waals surface area contributed by atoms with E-state index in [2.05, 4.69) is 10.6 Å². The van der Waals surface area contributed by atoms with E-state index >= 15 is 0 Å². The average molecular weight is 232 g/mol. The maximum Gasteiger partial charge on any atom is 0.410 e. The van der Waals surface area contributed by atoms with E-state index in [-0.39, 0.29) is 16.8 Å². The van der Waals surface area contributed by atoms with E-state index in [0.29, 0.717) is 6.61 Å². The summed E-state index contributed by atoms with van der Waals surface area (Å²) in [7, 11) is 0. The normalized spacial score (nSPS) is 24.3. The molecule has 1 rings (SSSR count). The molecule has 1 saturated heterocycles. The minimum absolute atomic E-state index is 0.158. The summed E-state index contributed by atoms with van der Waals surface area (Å²) in [5.41, 5.74) is -0.172. The van der Waals surface area contributed by atoms with Crippen LogP contribution >= 0.6 is 12.2 Å². The quantitative estimate of drug-likeness (QED) is 0.590. The fourth-order valence-corrected chi connectivity index (χ4v) is 1.93. The summed E-state index contributed by atoms with van der Waals surface area (Å²) in [6, 6.07) is 0.174. The Morgan fingerprint density at radius 3 is 2.80 bits per heavy atom. The van der Waals surface area contributed by atoms with E-state index < -0.39 is 6.09 Å². The number of carboxylic acid groups (broad SMARTS) is 1. The summed E-state index contributed by atoms with van der Waals surface area (Å²) in [5, 5.41) is 13.7. The zero-order chi connectivity index (χ0) is 11.5. The molecule has 5 nitrogen and oxygen atoms in total. The Balaban J connectivity index is 2.38. The molecule has 6 heteroatoms. The summed E-state index contributed by atoms with van der Waals surface area (Å²) >= 11 is 4.84. The van der Waals surface area contributed by atoms with Crippen LogP contribution in [0, 0.1) is 0 Å². The maximum atomic E-state index is 10.3. The Hall–Kier alpha value is -0.880. The van der Waals surface area contributed by atoms with Crippen LogP contribution in [0.2, 0.25) is 0 Å². The van der Waals surface area contributed by atoms with Gasteiger partial charge in [-0.25, -0.2) is 4.79 Å². The van der Waals surface area contributed by atoms with Gasteiger partial charge in [0.1, 0.15) is 0 Å². The molecule has 1 atom stereocenters. The molecular formula is C9H16N2O3S. The molecule has 3 N–H and O–H groups in total. The number of thiocarbonyl (C=S) groups is 1. The van der Waals surface area contributed by atoms with E-state index in [0.717, 1.165) is 12.8 Å². The summed E-state index contributed by atoms with van der Waals surface area (Å²) < 4.78 is 5.54. The number of carbonyl (C=O) groups is 1. The minimum Gasteiger partial charge on any atom is -0.465 e. The highest BCUT2D eigenvalue weighted by molar-refractivity contribution is 7.80. The van der Waals surface area contributed by atoms with Gasteiger partial charge in [0.05, 0.1) is 5.60 Å². The van der Waals surface area contributed by atoms with Gasteiger partial charge >= 0.3 is 6.09 Å². The monoisotopic (exact) mass is 232 g/mol. The van der Waals surface area contributed by atoms with Crippen molar-refractivity contribution in [3.8, 4) is 0 Å². The molecule has 0 aromatic carbocycles. The van der Waals surface area contributed by atoms with Gasteiger partial charge in [-0.2, -0.15) is 0 Å². The topological polar surface area (TPSA) is 70.6 Å². The van der Waals surface area contributed by atoms with Crippen molar-refractivity contribution in [2.24, 2.45) is 0 Å². The van der Waals surface area contributed by atoms with Crippen LogP contribution in [-0.4, -0.2) is 34.6 Å². The van der Waals surface area contributed by atoms with Crippen LogP contribution in [-0.2, 0) is 4.74 Å². The molecule has 86 valence electrons. The molecule has 0 aliphatic carbocycles. The number of hydrogen-bond donors (Lipinski definition) is 3. The molecule has 1 aliphatic rings. The third-order valence-electron chi connectivity index (χ3n) is 2.25. The first kappa shape index (κ1) is 12.2. The van der Waals surface area contributed by atoms with E-state index in [1.807, 2.05) is 13.8 Å². The summed E-state index contributed by atoms with van der Waals surface area (Å²) in [6.45, 7) is 4.68. The molecule has 0 spiro atoms. The second kappa shape index (κ2) is 4.76. The third kappa shape index (κ3) is 4.44. The molecule has 1 aliphatic heterocycles. The molecule has 0 bridgehead atoms. The van der Waals surface area contributed by atoms with Crippen LogP contribution in [0.3, 0.4) is 0 Å². The Morgan fingerprint density at radius 1 is 1.60 bits per heavy atom. The van der Waals surface area contributed by atoms with Gasteiger partial charge in [-0.15, -0.1) is 0 Å². The Bertz CT molecular complexity index is 268. The lowest BCUT2D eigenvalue weighted by Gasteiger charge is -2.36. The highest BCUT2D eigenvalue weighted by Gasteiger charge is 2.29. The lowest BCUT2D eigenvalue weighted by molar-refractivity contribution is -0.0604. The molecule has 1 fully saturated rings. The van der Waals surface area contributed by atoms with Crippen molar-refractivity contribution in [1.29, 1.82) is 0 Å². The predicted octanol–water partition coefficient (Wildman–Crippen LogP) is 1.09. The largest absolute Gasteiger partial charge is 0.465 e. The van der Waals surface area contributed by atoms with Gasteiger partial charge in [0.25, 0.3) is 0 Å². The molecule has 0 saturated carbocycles. The van der Waals surface area contributed by atoms with E-state index in [1.54, 1.807) is 0 Å². The molecule has 1 amide bonds. The first-order valence-corrected chi connectivity index (χ1v) is 5.24. The Morgan fingerprint density at radius 2 is 2.27 bits per heavy atom. The maximum absolute atomic E-state index is 10.3. The van der Waals surface area contributed by atoms with Gasteiger partial charge < -0.3 is 15.2 Å². The van der Waals surface area contributed by atoms with Gasteiger partial charge in [-0.05, 0) is 38.9 Å². The standard InChI is InChI=1S/C9H16N2O3S/c1-9(2)5-6(3-4-14-9)10-7(15)11-8(12)13/h6H,3-5H2,1-2H3,(H,12,13)(H2,10,11,15). The fraction of sp³-hybridized carbons (Fsp3) is 0.778. The van der Waals surface area contributed by atoms with E-state index in [9.17, 15) is 4.79 Å². The van der Waals surface area contributed by atoms with Crippen LogP contribution in [0.5, 0.6) is 0 Å². The molecule has 0 aromatic heterocycles. The van der Waals surface area contributed by atoms with Gasteiger partial charge in [0.2, 0.25) is 0 Å². The van der Waals surface area contributed by atoms with Gasteiger partial charge in [-0.1, -0.05) is 0 Å². The van der Waals surface area contributed by atoms with E-state index in [1.165, 1.54) is 0 Å². The van der Waals surface area contributed by atoms with Crippen molar-refractivity contribution in [1.82, 2.24) is 10.6 Å². The Kier molecular flexibility index (Phi) is 3.87. The van der Waals surface area contributed by atoms with Crippen LogP contribution in [0.25, 0.3) is 0 Å². The van der Waals surface area contributed by atoms with Crippen molar-refractivity contribution < 1.29 is 14.6 Å².